The molecule has 0 radical (unpaired) electrons. The number of rotatable bonds is 1. The van der Waals surface area contributed by atoms with Crippen LogP contribution >= 0.6 is 0 Å². The maximum atomic E-state index is 4.79. The third-order valence-corrected chi connectivity index (χ3v) is 0.675. The molecule has 0 N–H and O–H groups in total. The summed E-state index contributed by atoms with van der Waals surface area (Å²) in [4.78, 5) is 8.54. The van der Waals surface area contributed by atoms with Crippen LogP contribution in [0.3, 0.4) is 0 Å². The van der Waals surface area contributed by atoms with Gasteiger partial charge in [-0.15, -0.1) is 0 Å². The van der Waals surface area contributed by atoms with Gasteiger partial charge in [0.15, 0.2) is 0 Å². The molecule has 0 saturated carbocycles. The van der Waals surface area contributed by atoms with E-state index in [1.807, 2.05) is 13.8 Å². The van der Waals surface area contributed by atoms with Crippen molar-refractivity contribution >= 4 is 11.6 Å². The van der Waals surface area contributed by atoms with Crippen LogP contribution in [0.25, 0.3) is 0 Å². The van der Waals surface area contributed by atoms with Gasteiger partial charge in [-0.25, -0.2) is 0 Å². The van der Waals surface area contributed by atoms with E-state index in [-0.39, 0.29) is 0 Å². The highest BCUT2D eigenvalue weighted by molar-refractivity contribution is 5.80. The molecule has 3 nitrogen and oxygen atoms in total. The first-order chi connectivity index (χ1) is 4.16. The Hall–Kier alpha value is -0.860. The van der Waals surface area contributed by atoms with E-state index < -0.39 is 0 Å². The molecule has 0 atom stereocenters. The summed E-state index contributed by atoms with van der Waals surface area (Å²) < 4.78 is 0. The molecular formula is C6H12N2O. The molecule has 0 aliphatic heterocycles. The smallest absolute Gasteiger partial charge is 0.216 e. The van der Waals surface area contributed by atoms with E-state index in [1.54, 1.807) is 14.0 Å². The topological polar surface area (TPSA) is 34.0 Å². The zero-order chi connectivity index (χ0) is 7.28. The summed E-state index contributed by atoms with van der Waals surface area (Å²) in [5.74, 6) is 0.580. The van der Waals surface area contributed by atoms with Gasteiger partial charge in [-0.3, -0.25) is 4.99 Å². The lowest BCUT2D eigenvalue weighted by molar-refractivity contribution is 0.324. The van der Waals surface area contributed by atoms with Gasteiger partial charge < -0.3 is 4.84 Å². The number of oxime groups is 1. The van der Waals surface area contributed by atoms with Crippen molar-refractivity contribution in [2.75, 3.05) is 7.05 Å². The predicted octanol–water partition coefficient (Wildman–Crippen LogP) is 1.45. The van der Waals surface area contributed by atoms with Crippen LogP contribution in [-0.2, 0) is 4.84 Å². The third-order valence-electron chi connectivity index (χ3n) is 0.675. The van der Waals surface area contributed by atoms with Crippen LogP contribution in [-0.4, -0.2) is 18.7 Å². The predicted molar refractivity (Wildman–Crippen MR) is 38.9 cm³/mol. The molecule has 0 saturated heterocycles. The fourth-order valence-corrected chi connectivity index (χ4v) is 0.198. The Morgan fingerprint density at radius 2 is 1.78 bits per heavy atom. The highest BCUT2D eigenvalue weighted by Gasteiger charge is 1.84. The first kappa shape index (κ1) is 8.14. The summed E-state index contributed by atoms with van der Waals surface area (Å²) in [5, 5.41) is 3.68. The minimum absolute atomic E-state index is 0.580. The second-order valence-corrected chi connectivity index (χ2v) is 1.87. The Kier molecular flexibility index (Phi) is 3.67. The van der Waals surface area contributed by atoms with Crippen molar-refractivity contribution in [1.82, 2.24) is 0 Å². The van der Waals surface area contributed by atoms with Gasteiger partial charge in [-0.1, -0.05) is 5.16 Å². The molecule has 0 aliphatic rings. The molecule has 0 amide bonds. The molecule has 0 aromatic heterocycles. The molecular weight excluding hydrogens is 116 g/mol. The largest absolute Gasteiger partial charge is 0.342 e. The van der Waals surface area contributed by atoms with Crippen molar-refractivity contribution in [3.63, 3.8) is 0 Å². The average Bonchev–Trinajstić information content (AvgIpc) is 1.83. The number of hydrogen-bond donors (Lipinski definition) is 0. The van der Waals surface area contributed by atoms with Gasteiger partial charge in [-0.05, 0) is 13.8 Å². The fourth-order valence-electron chi connectivity index (χ4n) is 0.198. The lowest BCUT2D eigenvalue weighted by Gasteiger charge is -1.93. The normalized spacial score (nSPS) is 10.9. The molecule has 0 aliphatic carbocycles. The highest BCUT2D eigenvalue weighted by atomic mass is 16.6. The monoisotopic (exact) mass is 128 g/mol. The fraction of sp³-hybridized carbons (Fsp3) is 0.667. The molecule has 0 heterocycles. The van der Waals surface area contributed by atoms with Crippen molar-refractivity contribution in [1.29, 1.82) is 0 Å². The summed E-state index contributed by atoms with van der Waals surface area (Å²) in [6.07, 6.45) is 0. The highest BCUT2D eigenvalue weighted by Crippen LogP contribution is 1.82. The van der Waals surface area contributed by atoms with Gasteiger partial charge in [0.25, 0.3) is 0 Å². The van der Waals surface area contributed by atoms with Crippen LogP contribution in [0.15, 0.2) is 10.1 Å². The van der Waals surface area contributed by atoms with E-state index in [9.17, 15) is 0 Å². The summed E-state index contributed by atoms with van der Waals surface area (Å²) >= 11 is 0. The molecule has 0 spiro atoms. The van der Waals surface area contributed by atoms with E-state index in [4.69, 9.17) is 4.84 Å². The second-order valence-electron chi connectivity index (χ2n) is 1.87. The van der Waals surface area contributed by atoms with Gasteiger partial charge in [0.1, 0.15) is 0 Å². The lowest BCUT2D eigenvalue weighted by atomic mass is 10.5. The van der Waals surface area contributed by atoms with E-state index in [0.717, 1.165) is 5.71 Å². The Morgan fingerprint density at radius 1 is 1.22 bits per heavy atom. The second kappa shape index (κ2) is 4.06. The number of nitrogens with zero attached hydrogens (tertiary/aromatic N) is 2. The van der Waals surface area contributed by atoms with Gasteiger partial charge in [0, 0.05) is 14.0 Å². The van der Waals surface area contributed by atoms with Gasteiger partial charge in [0.2, 0.25) is 5.90 Å². The van der Waals surface area contributed by atoms with Crippen molar-refractivity contribution in [3.8, 4) is 0 Å². The molecule has 0 unspecified atom stereocenters. The molecule has 0 rings (SSSR count). The Labute approximate surface area is 55.4 Å². The van der Waals surface area contributed by atoms with E-state index in [2.05, 4.69) is 10.1 Å². The maximum absolute atomic E-state index is 4.79. The van der Waals surface area contributed by atoms with Crippen molar-refractivity contribution in [2.45, 2.75) is 20.8 Å². The van der Waals surface area contributed by atoms with Gasteiger partial charge in [-0.2, -0.15) is 0 Å². The first-order valence-electron chi connectivity index (χ1n) is 2.78. The van der Waals surface area contributed by atoms with Crippen LogP contribution in [0.4, 0.5) is 0 Å². The van der Waals surface area contributed by atoms with Crippen LogP contribution in [0, 0.1) is 0 Å². The molecule has 0 aromatic carbocycles. The molecule has 0 aromatic rings. The van der Waals surface area contributed by atoms with E-state index in [1.165, 1.54) is 0 Å². The Balaban J connectivity index is 3.64. The minimum Gasteiger partial charge on any atom is -0.342 e. The van der Waals surface area contributed by atoms with Crippen LogP contribution in [0.2, 0.25) is 0 Å². The SMILES string of the molecule is CN=C(C)ON=C(C)C. The molecule has 9 heavy (non-hydrogen) atoms. The summed E-state index contributed by atoms with van der Waals surface area (Å²) in [6.45, 7) is 5.48. The maximum Gasteiger partial charge on any atom is 0.216 e. The van der Waals surface area contributed by atoms with Crippen molar-refractivity contribution in [2.24, 2.45) is 10.1 Å². The van der Waals surface area contributed by atoms with Crippen molar-refractivity contribution in [3.05, 3.63) is 0 Å². The number of hydrogen-bond acceptors (Lipinski definition) is 3. The zero-order valence-electron chi connectivity index (χ0n) is 6.30. The molecule has 0 fully saturated rings. The summed E-state index contributed by atoms with van der Waals surface area (Å²) in [5.41, 5.74) is 0.887. The molecule has 52 valence electrons. The Morgan fingerprint density at radius 3 is 2.11 bits per heavy atom. The minimum atomic E-state index is 0.580. The van der Waals surface area contributed by atoms with E-state index >= 15 is 0 Å². The summed E-state index contributed by atoms with van der Waals surface area (Å²) in [6, 6.07) is 0. The number of aliphatic imine (C=N–C) groups is 1. The molecule has 3 heteroatoms. The standard InChI is InChI=1S/C6H12N2O/c1-5(2)8-9-6(3)7-4/h1-4H3. The Bertz CT molecular complexity index is 134. The zero-order valence-corrected chi connectivity index (χ0v) is 6.30. The van der Waals surface area contributed by atoms with Crippen LogP contribution < -0.4 is 0 Å². The first-order valence-corrected chi connectivity index (χ1v) is 2.78. The van der Waals surface area contributed by atoms with Gasteiger partial charge >= 0.3 is 0 Å². The third kappa shape index (κ3) is 5.00. The van der Waals surface area contributed by atoms with Crippen molar-refractivity contribution < 1.29 is 4.84 Å². The van der Waals surface area contributed by atoms with Gasteiger partial charge in [0.05, 0.1) is 5.71 Å². The summed E-state index contributed by atoms with van der Waals surface area (Å²) in [7, 11) is 1.66. The average molecular weight is 128 g/mol. The van der Waals surface area contributed by atoms with Crippen LogP contribution in [0.5, 0.6) is 0 Å². The van der Waals surface area contributed by atoms with E-state index in [0.29, 0.717) is 5.90 Å². The van der Waals surface area contributed by atoms with Crippen LogP contribution in [0.1, 0.15) is 20.8 Å². The molecule has 0 bridgehead atoms. The lowest BCUT2D eigenvalue weighted by Crippen LogP contribution is -1.94. The quantitative estimate of drug-likeness (QED) is 0.299.